The van der Waals surface area contributed by atoms with Crippen molar-refractivity contribution in [1.82, 2.24) is 4.90 Å². The van der Waals surface area contributed by atoms with Crippen LogP contribution >= 0.6 is 0 Å². The predicted octanol–water partition coefficient (Wildman–Crippen LogP) is 2.72. The Labute approximate surface area is 116 Å². The Morgan fingerprint density at radius 1 is 1.32 bits per heavy atom. The van der Waals surface area contributed by atoms with Gasteiger partial charge in [0.15, 0.2) is 0 Å². The van der Waals surface area contributed by atoms with Crippen LogP contribution in [-0.2, 0) is 4.79 Å². The van der Waals surface area contributed by atoms with Crippen molar-refractivity contribution in [3.63, 3.8) is 0 Å². The van der Waals surface area contributed by atoms with E-state index in [9.17, 15) is 4.79 Å². The smallest absolute Gasteiger partial charge is 0.241 e. The number of nitrogens with one attached hydrogen (secondary N) is 1. The molecule has 0 saturated heterocycles. The third-order valence-electron chi connectivity index (χ3n) is 3.57. The van der Waals surface area contributed by atoms with Gasteiger partial charge in [-0.25, -0.2) is 0 Å². The molecule has 0 saturated carbocycles. The van der Waals surface area contributed by atoms with Gasteiger partial charge in [-0.1, -0.05) is 13.3 Å². The van der Waals surface area contributed by atoms with E-state index in [1.54, 1.807) is 12.1 Å². The highest BCUT2D eigenvalue weighted by Gasteiger charge is 2.21. The van der Waals surface area contributed by atoms with Gasteiger partial charge in [0.2, 0.25) is 5.91 Å². The van der Waals surface area contributed by atoms with Crippen LogP contribution in [0.3, 0.4) is 0 Å². The number of nitrogens with zero attached hydrogens (tertiary/aromatic N) is 1. The molecule has 0 aliphatic heterocycles. The van der Waals surface area contributed by atoms with Crippen LogP contribution in [0.5, 0.6) is 0 Å². The fraction of sp³-hybridized carbons (Fsp3) is 0.533. The molecule has 0 fully saturated rings. The summed E-state index contributed by atoms with van der Waals surface area (Å²) < 4.78 is 0. The second-order valence-electron chi connectivity index (χ2n) is 5.09. The largest absolute Gasteiger partial charge is 0.399 e. The van der Waals surface area contributed by atoms with Gasteiger partial charge in [-0.3, -0.25) is 9.69 Å². The number of amides is 1. The minimum Gasteiger partial charge on any atom is -0.399 e. The second-order valence-corrected chi connectivity index (χ2v) is 5.09. The number of benzene rings is 1. The maximum absolute atomic E-state index is 12.2. The fourth-order valence-electron chi connectivity index (χ4n) is 2.00. The lowest BCUT2D eigenvalue weighted by atomic mass is 10.1. The van der Waals surface area contributed by atoms with Gasteiger partial charge < -0.3 is 11.1 Å². The molecular weight excluding hydrogens is 238 g/mol. The van der Waals surface area contributed by atoms with E-state index in [4.69, 9.17) is 5.73 Å². The Bertz CT molecular complexity index is 402. The first-order valence-electron chi connectivity index (χ1n) is 6.84. The number of rotatable bonds is 6. The number of likely N-dealkylation sites (N-methyl/N-ethyl adjacent to an activating group) is 1. The number of nitrogen functional groups attached to an aromatic ring is 1. The third kappa shape index (κ3) is 4.56. The summed E-state index contributed by atoms with van der Waals surface area (Å²) in [7, 11) is 1.99. The van der Waals surface area contributed by atoms with Crippen molar-refractivity contribution in [2.45, 2.75) is 45.7 Å². The molecule has 0 spiro atoms. The second kappa shape index (κ2) is 7.14. The normalized spacial score (nSPS) is 14.2. The summed E-state index contributed by atoms with van der Waals surface area (Å²) in [6.45, 7) is 6.23. The highest BCUT2D eigenvalue weighted by molar-refractivity contribution is 5.94. The number of nitrogens with two attached hydrogens (primary N) is 1. The topological polar surface area (TPSA) is 58.4 Å². The van der Waals surface area contributed by atoms with Gasteiger partial charge >= 0.3 is 0 Å². The zero-order chi connectivity index (χ0) is 14.4. The summed E-state index contributed by atoms with van der Waals surface area (Å²) in [5, 5.41) is 2.91. The van der Waals surface area contributed by atoms with Crippen LogP contribution in [0.4, 0.5) is 11.4 Å². The maximum atomic E-state index is 12.2. The molecule has 0 aliphatic carbocycles. The molecule has 3 N–H and O–H groups in total. The van der Waals surface area contributed by atoms with Crippen molar-refractivity contribution in [3.05, 3.63) is 24.3 Å². The molecule has 1 amide bonds. The van der Waals surface area contributed by atoms with Crippen molar-refractivity contribution in [3.8, 4) is 0 Å². The zero-order valence-electron chi connectivity index (χ0n) is 12.3. The lowest BCUT2D eigenvalue weighted by Crippen LogP contribution is -2.44. The molecule has 2 atom stereocenters. The van der Waals surface area contributed by atoms with E-state index < -0.39 is 0 Å². The molecule has 4 nitrogen and oxygen atoms in total. The average Bonchev–Trinajstić information content (AvgIpc) is 2.39. The molecule has 106 valence electrons. The van der Waals surface area contributed by atoms with Gasteiger partial charge in [0.1, 0.15) is 0 Å². The molecule has 0 radical (unpaired) electrons. The lowest BCUT2D eigenvalue weighted by Gasteiger charge is -2.29. The third-order valence-corrected chi connectivity index (χ3v) is 3.57. The Morgan fingerprint density at radius 2 is 1.89 bits per heavy atom. The molecule has 2 unspecified atom stereocenters. The zero-order valence-corrected chi connectivity index (χ0v) is 12.3. The molecule has 1 rings (SSSR count). The average molecular weight is 263 g/mol. The van der Waals surface area contributed by atoms with E-state index in [0.717, 1.165) is 18.5 Å². The Hall–Kier alpha value is -1.55. The first-order valence-corrected chi connectivity index (χ1v) is 6.84. The summed E-state index contributed by atoms with van der Waals surface area (Å²) in [6, 6.07) is 7.44. The van der Waals surface area contributed by atoms with Crippen LogP contribution < -0.4 is 11.1 Å². The molecule has 1 aromatic carbocycles. The monoisotopic (exact) mass is 263 g/mol. The molecule has 4 heteroatoms. The first-order chi connectivity index (χ1) is 8.95. The maximum Gasteiger partial charge on any atom is 0.241 e. The number of carbonyl (C=O) groups is 1. The Kier molecular flexibility index (Phi) is 5.83. The van der Waals surface area contributed by atoms with Crippen molar-refractivity contribution in [2.75, 3.05) is 18.1 Å². The molecule has 1 aromatic rings. The van der Waals surface area contributed by atoms with Crippen molar-refractivity contribution < 1.29 is 4.79 Å². The Morgan fingerprint density at radius 3 is 2.42 bits per heavy atom. The standard InChI is InChI=1S/C15H25N3O/c1-5-6-11(2)18(4)12(3)15(19)17-14-9-7-13(16)8-10-14/h7-12H,5-6,16H2,1-4H3,(H,17,19). The molecule has 0 heterocycles. The van der Waals surface area contributed by atoms with Crippen LogP contribution in [0.2, 0.25) is 0 Å². The van der Waals surface area contributed by atoms with Gasteiger partial charge in [0.25, 0.3) is 0 Å². The molecule has 0 aromatic heterocycles. The number of hydrogen-bond acceptors (Lipinski definition) is 3. The summed E-state index contributed by atoms with van der Waals surface area (Å²) in [6.07, 6.45) is 2.22. The Balaban J connectivity index is 2.59. The van der Waals surface area contributed by atoms with Gasteiger partial charge in [-0.2, -0.15) is 0 Å². The van der Waals surface area contributed by atoms with Gasteiger partial charge in [-0.15, -0.1) is 0 Å². The number of hydrogen-bond donors (Lipinski definition) is 2. The van der Waals surface area contributed by atoms with E-state index in [-0.39, 0.29) is 11.9 Å². The quantitative estimate of drug-likeness (QED) is 0.776. The van der Waals surface area contributed by atoms with Gasteiger partial charge in [0.05, 0.1) is 6.04 Å². The lowest BCUT2D eigenvalue weighted by molar-refractivity contribution is -0.121. The van der Waals surface area contributed by atoms with Crippen LogP contribution in [0.1, 0.15) is 33.6 Å². The summed E-state index contributed by atoms with van der Waals surface area (Å²) >= 11 is 0. The van der Waals surface area contributed by atoms with Crippen LogP contribution in [0, 0.1) is 0 Å². The highest BCUT2D eigenvalue weighted by atomic mass is 16.2. The highest BCUT2D eigenvalue weighted by Crippen LogP contribution is 2.13. The van der Waals surface area contributed by atoms with Crippen molar-refractivity contribution in [1.29, 1.82) is 0 Å². The van der Waals surface area contributed by atoms with Gasteiger partial charge in [-0.05, 0) is 51.6 Å². The fourth-order valence-corrected chi connectivity index (χ4v) is 2.00. The van der Waals surface area contributed by atoms with E-state index >= 15 is 0 Å². The van der Waals surface area contributed by atoms with Crippen LogP contribution in [0.25, 0.3) is 0 Å². The van der Waals surface area contributed by atoms with Crippen molar-refractivity contribution >= 4 is 17.3 Å². The summed E-state index contributed by atoms with van der Waals surface area (Å²) in [4.78, 5) is 14.3. The van der Waals surface area contributed by atoms with Crippen LogP contribution in [-0.4, -0.2) is 29.9 Å². The minimum absolute atomic E-state index is 0.00947. The molecular formula is C15H25N3O. The SMILES string of the molecule is CCCC(C)N(C)C(C)C(=O)Nc1ccc(N)cc1. The number of carbonyl (C=O) groups excluding carboxylic acids is 1. The van der Waals surface area contributed by atoms with Crippen molar-refractivity contribution in [2.24, 2.45) is 0 Å². The number of anilines is 2. The molecule has 0 aliphatic rings. The van der Waals surface area contributed by atoms with Gasteiger partial charge in [0, 0.05) is 17.4 Å². The summed E-state index contributed by atoms with van der Waals surface area (Å²) in [5.74, 6) is 0.00947. The summed E-state index contributed by atoms with van der Waals surface area (Å²) in [5.41, 5.74) is 7.09. The molecule has 0 bridgehead atoms. The van der Waals surface area contributed by atoms with E-state index in [2.05, 4.69) is 24.1 Å². The van der Waals surface area contributed by atoms with Crippen LogP contribution in [0.15, 0.2) is 24.3 Å². The predicted molar refractivity (Wildman–Crippen MR) is 81.1 cm³/mol. The van der Waals surface area contributed by atoms with E-state index in [1.807, 2.05) is 26.1 Å². The first kappa shape index (κ1) is 15.5. The minimum atomic E-state index is -0.154. The molecule has 19 heavy (non-hydrogen) atoms. The van der Waals surface area contributed by atoms with E-state index in [1.165, 1.54) is 0 Å². The van der Waals surface area contributed by atoms with E-state index in [0.29, 0.717) is 11.7 Å².